The first-order chi connectivity index (χ1) is 6.20. The Labute approximate surface area is 104 Å². The van der Waals surface area contributed by atoms with E-state index in [2.05, 4.69) is 5.32 Å². The third-order valence-electron chi connectivity index (χ3n) is 1.44. The zero-order chi connectivity index (χ0) is 9.68. The second-order valence-electron chi connectivity index (χ2n) is 2.44. The third-order valence-corrected chi connectivity index (χ3v) is 1.44. The summed E-state index contributed by atoms with van der Waals surface area (Å²) in [4.78, 5) is 21.3. The molecule has 1 rings (SSSR count). The molecule has 1 aromatic carbocycles. The Morgan fingerprint density at radius 3 is 2.29 bits per heavy atom. The molecule has 0 bridgehead atoms. The van der Waals surface area contributed by atoms with Gasteiger partial charge < -0.3 is 10.4 Å². The average molecular weight is 202 g/mol. The van der Waals surface area contributed by atoms with Crippen LogP contribution in [0, 0.1) is 0 Å². The minimum absolute atomic E-state index is 0. The Kier molecular flexibility index (Phi) is 6.19. The molecular formula is C9H9NNaO3. The summed E-state index contributed by atoms with van der Waals surface area (Å²) in [5.41, 5.74) is 0.462. The third kappa shape index (κ3) is 4.41. The zero-order valence-electron chi connectivity index (χ0n) is 7.86. The van der Waals surface area contributed by atoms with Crippen LogP contribution in [0.3, 0.4) is 0 Å². The molecule has 0 unspecified atom stereocenters. The quantitative estimate of drug-likeness (QED) is 0.684. The number of carbonyl (C=O) groups is 2. The van der Waals surface area contributed by atoms with E-state index in [1.807, 2.05) is 0 Å². The fourth-order valence-electron chi connectivity index (χ4n) is 0.847. The Morgan fingerprint density at radius 1 is 1.21 bits per heavy atom. The van der Waals surface area contributed by atoms with Gasteiger partial charge in [-0.1, -0.05) is 18.2 Å². The van der Waals surface area contributed by atoms with Gasteiger partial charge in [-0.3, -0.25) is 9.59 Å². The number of hydrogen-bond donors (Lipinski definition) is 2. The van der Waals surface area contributed by atoms with Crippen LogP contribution < -0.4 is 5.32 Å². The maximum absolute atomic E-state index is 11.2. The van der Waals surface area contributed by atoms with Crippen LogP contribution in [0.25, 0.3) is 0 Å². The molecule has 2 N–H and O–H groups in total. The second-order valence-corrected chi connectivity index (χ2v) is 2.44. The molecule has 0 saturated carbocycles. The molecule has 0 atom stereocenters. The van der Waals surface area contributed by atoms with Crippen LogP contribution in [0.1, 0.15) is 10.4 Å². The SMILES string of the molecule is O=C(O)CNC(=O)c1ccccc1.[Na]. The van der Waals surface area contributed by atoms with E-state index in [1.165, 1.54) is 0 Å². The Balaban J connectivity index is 0.00000169. The zero-order valence-corrected chi connectivity index (χ0v) is 9.86. The fourth-order valence-corrected chi connectivity index (χ4v) is 0.847. The van der Waals surface area contributed by atoms with Gasteiger partial charge in [-0.15, -0.1) is 0 Å². The normalized spacial score (nSPS) is 8.57. The van der Waals surface area contributed by atoms with Crippen LogP contribution >= 0.6 is 0 Å². The van der Waals surface area contributed by atoms with E-state index < -0.39 is 5.97 Å². The van der Waals surface area contributed by atoms with Gasteiger partial charge in [0.25, 0.3) is 5.91 Å². The van der Waals surface area contributed by atoms with Gasteiger partial charge in [-0.05, 0) is 12.1 Å². The molecule has 0 aromatic heterocycles. The second kappa shape index (κ2) is 6.59. The van der Waals surface area contributed by atoms with Crippen molar-refractivity contribution in [3.8, 4) is 0 Å². The summed E-state index contributed by atoms with van der Waals surface area (Å²) in [6.45, 7) is -0.353. The molecule has 0 spiro atoms. The Hall–Kier alpha value is -0.840. The predicted octanol–water partition coefficient (Wildman–Crippen LogP) is 0.120. The monoisotopic (exact) mass is 202 g/mol. The maximum Gasteiger partial charge on any atom is 0.322 e. The summed E-state index contributed by atoms with van der Waals surface area (Å²) in [6, 6.07) is 8.47. The van der Waals surface area contributed by atoms with Crippen LogP contribution in [-0.4, -0.2) is 53.1 Å². The van der Waals surface area contributed by atoms with Gasteiger partial charge in [0.1, 0.15) is 6.54 Å². The molecule has 0 aliphatic heterocycles. The van der Waals surface area contributed by atoms with Gasteiger partial charge in [0.05, 0.1) is 0 Å². The number of nitrogens with one attached hydrogen (secondary N) is 1. The van der Waals surface area contributed by atoms with E-state index in [4.69, 9.17) is 5.11 Å². The molecule has 0 aliphatic carbocycles. The Morgan fingerprint density at radius 2 is 1.79 bits per heavy atom. The van der Waals surface area contributed by atoms with Crippen LogP contribution in [0.15, 0.2) is 30.3 Å². The summed E-state index contributed by atoms with van der Waals surface area (Å²) in [5, 5.41) is 10.6. The van der Waals surface area contributed by atoms with E-state index in [1.54, 1.807) is 30.3 Å². The first kappa shape index (κ1) is 13.2. The van der Waals surface area contributed by atoms with E-state index in [0.29, 0.717) is 5.56 Å². The molecule has 0 fully saturated rings. The van der Waals surface area contributed by atoms with E-state index in [0.717, 1.165) is 0 Å². The van der Waals surface area contributed by atoms with Crippen molar-refractivity contribution >= 4 is 41.4 Å². The summed E-state index contributed by atoms with van der Waals surface area (Å²) < 4.78 is 0. The molecule has 4 nitrogen and oxygen atoms in total. The van der Waals surface area contributed by atoms with Crippen molar-refractivity contribution in [1.82, 2.24) is 5.32 Å². The molecule has 0 saturated heterocycles. The molecule has 0 aliphatic rings. The number of carboxylic acid groups (broad SMARTS) is 1. The number of benzene rings is 1. The topological polar surface area (TPSA) is 66.4 Å². The largest absolute Gasteiger partial charge is 0.480 e. The number of amides is 1. The number of aliphatic carboxylic acids is 1. The van der Waals surface area contributed by atoms with E-state index >= 15 is 0 Å². The number of carboxylic acids is 1. The van der Waals surface area contributed by atoms with Crippen molar-refractivity contribution in [2.75, 3.05) is 6.54 Å². The predicted molar refractivity (Wildman–Crippen MR) is 52.2 cm³/mol. The first-order valence-electron chi connectivity index (χ1n) is 3.75. The maximum atomic E-state index is 11.2. The number of rotatable bonds is 3. The molecule has 5 heteroatoms. The van der Waals surface area contributed by atoms with Crippen molar-refractivity contribution in [2.24, 2.45) is 0 Å². The minimum atomic E-state index is -1.05. The van der Waals surface area contributed by atoms with Crippen molar-refractivity contribution < 1.29 is 14.7 Å². The van der Waals surface area contributed by atoms with Crippen LogP contribution in [0.4, 0.5) is 0 Å². The van der Waals surface area contributed by atoms with Crippen molar-refractivity contribution in [1.29, 1.82) is 0 Å². The van der Waals surface area contributed by atoms with Crippen molar-refractivity contribution in [2.45, 2.75) is 0 Å². The van der Waals surface area contributed by atoms with Gasteiger partial charge in [-0.2, -0.15) is 0 Å². The summed E-state index contributed by atoms with van der Waals surface area (Å²) in [6.07, 6.45) is 0. The van der Waals surface area contributed by atoms with Gasteiger partial charge in [0, 0.05) is 35.1 Å². The molecule has 1 aromatic rings. The minimum Gasteiger partial charge on any atom is -0.480 e. The fraction of sp³-hybridized carbons (Fsp3) is 0.111. The van der Waals surface area contributed by atoms with Gasteiger partial charge in [0.15, 0.2) is 0 Å². The van der Waals surface area contributed by atoms with Crippen LogP contribution in [0.2, 0.25) is 0 Å². The van der Waals surface area contributed by atoms with E-state index in [-0.39, 0.29) is 42.0 Å². The summed E-state index contributed by atoms with van der Waals surface area (Å²) in [7, 11) is 0. The number of carbonyl (C=O) groups excluding carboxylic acids is 1. The van der Waals surface area contributed by atoms with Gasteiger partial charge in [-0.25, -0.2) is 0 Å². The summed E-state index contributed by atoms with van der Waals surface area (Å²) in [5.74, 6) is -1.42. The molecule has 1 amide bonds. The van der Waals surface area contributed by atoms with Crippen molar-refractivity contribution in [3.05, 3.63) is 35.9 Å². The van der Waals surface area contributed by atoms with Crippen LogP contribution in [-0.2, 0) is 4.79 Å². The van der Waals surface area contributed by atoms with Crippen molar-refractivity contribution in [3.63, 3.8) is 0 Å². The molecule has 69 valence electrons. The van der Waals surface area contributed by atoms with Gasteiger partial charge in [0.2, 0.25) is 0 Å². The summed E-state index contributed by atoms with van der Waals surface area (Å²) >= 11 is 0. The molecule has 0 heterocycles. The standard InChI is InChI=1S/C9H9NO3.Na/c11-8(12)6-10-9(13)7-4-2-1-3-5-7;/h1-5H,6H2,(H,10,13)(H,11,12);. The smallest absolute Gasteiger partial charge is 0.322 e. The van der Waals surface area contributed by atoms with Crippen LogP contribution in [0.5, 0.6) is 0 Å². The molecule has 14 heavy (non-hydrogen) atoms. The average Bonchev–Trinajstić information content (AvgIpc) is 2.15. The van der Waals surface area contributed by atoms with Gasteiger partial charge >= 0.3 is 5.97 Å². The molecule has 1 radical (unpaired) electrons. The Bertz CT molecular complexity index is 313. The van der Waals surface area contributed by atoms with E-state index in [9.17, 15) is 9.59 Å². The molecular weight excluding hydrogens is 193 g/mol. The first-order valence-corrected chi connectivity index (χ1v) is 3.75. The number of hydrogen-bond acceptors (Lipinski definition) is 2.